The molecular formula is C11H9FN2O2S. The third-order valence-corrected chi connectivity index (χ3v) is 2.87. The fraction of sp³-hybridized carbons (Fsp3) is 0.0909. The maximum atomic E-state index is 13.4. The van der Waals surface area contributed by atoms with Crippen LogP contribution in [-0.4, -0.2) is 16.0 Å². The van der Waals surface area contributed by atoms with E-state index in [-0.39, 0.29) is 11.3 Å². The third kappa shape index (κ3) is 2.59. The van der Waals surface area contributed by atoms with Crippen LogP contribution in [0.15, 0.2) is 24.4 Å². The van der Waals surface area contributed by atoms with E-state index < -0.39 is 11.7 Å². The summed E-state index contributed by atoms with van der Waals surface area (Å²) < 4.78 is 13.4. The first-order valence-corrected chi connectivity index (χ1v) is 5.60. The second kappa shape index (κ2) is 4.50. The molecule has 4 nitrogen and oxygen atoms in total. The number of hydrogen-bond donors (Lipinski definition) is 2. The minimum absolute atomic E-state index is 0.129. The minimum Gasteiger partial charge on any atom is -0.508 e. The Morgan fingerprint density at radius 3 is 2.88 bits per heavy atom. The first kappa shape index (κ1) is 11.5. The van der Waals surface area contributed by atoms with Crippen LogP contribution in [0.2, 0.25) is 0 Å². The summed E-state index contributed by atoms with van der Waals surface area (Å²) in [5.74, 6) is -1.57. The van der Waals surface area contributed by atoms with Crippen LogP contribution >= 0.6 is 11.3 Å². The predicted molar refractivity (Wildman–Crippen MR) is 62.9 cm³/mol. The highest BCUT2D eigenvalue weighted by molar-refractivity contribution is 7.15. The molecule has 88 valence electrons. The molecule has 1 aromatic heterocycles. The van der Waals surface area contributed by atoms with Crippen molar-refractivity contribution < 1.29 is 14.3 Å². The van der Waals surface area contributed by atoms with E-state index in [0.29, 0.717) is 5.13 Å². The first-order valence-electron chi connectivity index (χ1n) is 4.78. The number of nitrogens with zero attached hydrogens (tertiary/aromatic N) is 1. The zero-order valence-electron chi connectivity index (χ0n) is 8.90. The Balaban J connectivity index is 2.20. The van der Waals surface area contributed by atoms with Crippen LogP contribution in [0.25, 0.3) is 0 Å². The number of thiazole rings is 1. The second-order valence-corrected chi connectivity index (χ2v) is 4.63. The first-order chi connectivity index (χ1) is 8.06. The average Bonchev–Trinajstić information content (AvgIpc) is 2.63. The maximum Gasteiger partial charge on any atom is 0.260 e. The highest BCUT2D eigenvalue weighted by Crippen LogP contribution is 2.19. The molecular weight excluding hydrogens is 243 g/mol. The number of phenolic OH excluding ortho intramolecular Hbond substituents is 1. The molecule has 0 bridgehead atoms. The van der Waals surface area contributed by atoms with Gasteiger partial charge in [-0.25, -0.2) is 9.37 Å². The summed E-state index contributed by atoms with van der Waals surface area (Å²) in [5, 5.41) is 11.9. The van der Waals surface area contributed by atoms with Gasteiger partial charge in [0.15, 0.2) is 5.13 Å². The molecule has 0 saturated heterocycles. The van der Waals surface area contributed by atoms with Crippen molar-refractivity contribution in [3.63, 3.8) is 0 Å². The van der Waals surface area contributed by atoms with Gasteiger partial charge in [-0.3, -0.25) is 10.1 Å². The quantitative estimate of drug-likeness (QED) is 0.863. The van der Waals surface area contributed by atoms with Gasteiger partial charge in [-0.05, 0) is 19.1 Å². The molecule has 0 aliphatic heterocycles. The number of hydrogen-bond acceptors (Lipinski definition) is 4. The third-order valence-electron chi connectivity index (χ3n) is 2.04. The van der Waals surface area contributed by atoms with Gasteiger partial charge in [0.05, 0.1) is 5.56 Å². The van der Waals surface area contributed by atoms with E-state index in [1.54, 1.807) is 6.20 Å². The molecule has 0 aliphatic carbocycles. The van der Waals surface area contributed by atoms with Gasteiger partial charge in [0.1, 0.15) is 11.6 Å². The molecule has 6 heteroatoms. The largest absolute Gasteiger partial charge is 0.508 e. The summed E-state index contributed by atoms with van der Waals surface area (Å²) in [6, 6.07) is 3.37. The number of phenols is 1. The van der Waals surface area contributed by atoms with E-state index in [1.807, 2.05) is 6.92 Å². The van der Waals surface area contributed by atoms with Gasteiger partial charge in [-0.2, -0.15) is 0 Å². The molecule has 0 spiro atoms. The lowest BCUT2D eigenvalue weighted by atomic mass is 10.2. The molecule has 2 rings (SSSR count). The van der Waals surface area contributed by atoms with Crippen LogP contribution in [-0.2, 0) is 0 Å². The van der Waals surface area contributed by atoms with Crippen LogP contribution in [0.3, 0.4) is 0 Å². The number of nitrogens with one attached hydrogen (secondary N) is 1. The normalized spacial score (nSPS) is 10.2. The van der Waals surface area contributed by atoms with Crippen molar-refractivity contribution in [2.45, 2.75) is 6.92 Å². The van der Waals surface area contributed by atoms with Gasteiger partial charge in [-0.1, -0.05) is 0 Å². The number of benzene rings is 1. The van der Waals surface area contributed by atoms with Crippen LogP contribution in [0, 0.1) is 12.7 Å². The number of carbonyl (C=O) groups is 1. The molecule has 1 heterocycles. The predicted octanol–water partition coefficient (Wildman–Crippen LogP) is 2.55. The zero-order chi connectivity index (χ0) is 12.4. The Bertz CT molecular complexity index is 568. The molecule has 2 aromatic rings. The molecule has 1 amide bonds. The van der Waals surface area contributed by atoms with Gasteiger partial charge in [0, 0.05) is 17.1 Å². The van der Waals surface area contributed by atoms with Crippen molar-refractivity contribution >= 4 is 22.4 Å². The zero-order valence-corrected chi connectivity index (χ0v) is 9.71. The fourth-order valence-corrected chi connectivity index (χ4v) is 1.92. The maximum absolute atomic E-state index is 13.4. The van der Waals surface area contributed by atoms with Gasteiger partial charge < -0.3 is 5.11 Å². The van der Waals surface area contributed by atoms with E-state index in [9.17, 15) is 9.18 Å². The standard InChI is InChI=1S/C11H9FN2O2S/c1-6-5-13-11(17-6)14-10(16)8-3-2-7(15)4-9(8)12/h2-5,15H,1H3,(H,13,14,16). The van der Waals surface area contributed by atoms with Gasteiger partial charge >= 0.3 is 0 Å². The van der Waals surface area contributed by atoms with Crippen molar-refractivity contribution in [1.82, 2.24) is 4.98 Å². The number of halogens is 1. The number of anilines is 1. The Labute approximate surface area is 101 Å². The number of aromatic hydroxyl groups is 1. The molecule has 0 aliphatic rings. The van der Waals surface area contributed by atoms with Crippen molar-refractivity contribution in [2.24, 2.45) is 0 Å². The summed E-state index contributed by atoms with van der Waals surface area (Å²) in [7, 11) is 0. The Morgan fingerprint density at radius 2 is 2.29 bits per heavy atom. The van der Waals surface area contributed by atoms with Crippen LogP contribution < -0.4 is 5.32 Å². The molecule has 1 aromatic carbocycles. The molecule has 0 fully saturated rings. The number of rotatable bonds is 2. The van der Waals surface area contributed by atoms with E-state index in [4.69, 9.17) is 5.11 Å². The lowest BCUT2D eigenvalue weighted by Crippen LogP contribution is -2.13. The summed E-state index contributed by atoms with van der Waals surface area (Å²) in [6.07, 6.45) is 1.62. The van der Waals surface area contributed by atoms with Gasteiger partial charge in [0.25, 0.3) is 5.91 Å². The highest BCUT2D eigenvalue weighted by Gasteiger charge is 2.13. The molecule has 0 unspecified atom stereocenters. The summed E-state index contributed by atoms with van der Waals surface area (Å²) in [4.78, 5) is 16.6. The number of amides is 1. The lowest BCUT2D eigenvalue weighted by Gasteiger charge is -2.03. The molecule has 17 heavy (non-hydrogen) atoms. The van der Waals surface area contributed by atoms with E-state index in [0.717, 1.165) is 10.9 Å². The van der Waals surface area contributed by atoms with E-state index in [1.165, 1.54) is 23.5 Å². The van der Waals surface area contributed by atoms with Crippen molar-refractivity contribution in [1.29, 1.82) is 0 Å². The fourth-order valence-electron chi connectivity index (χ4n) is 1.27. The van der Waals surface area contributed by atoms with E-state index in [2.05, 4.69) is 10.3 Å². The smallest absolute Gasteiger partial charge is 0.260 e. The lowest BCUT2D eigenvalue weighted by molar-refractivity contribution is 0.102. The van der Waals surface area contributed by atoms with Crippen molar-refractivity contribution in [3.05, 3.63) is 40.7 Å². The van der Waals surface area contributed by atoms with Crippen LogP contribution in [0.5, 0.6) is 5.75 Å². The topological polar surface area (TPSA) is 62.2 Å². The van der Waals surface area contributed by atoms with Gasteiger partial charge in [-0.15, -0.1) is 11.3 Å². The summed E-state index contributed by atoms with van der Waals surface area (Å²) >= 11 is 1.30. The molecule has 2 N–H and O–H groups in total. The summed E-state index contributed by atoms with van der Waals surface area (Å²) in [5.41, 5.74) is -0.129. The number of aromatic nitrogens is 1. The minimum atomic E-state index is -0.768. The second-order valence-electron chi connectivity index (χ2n) is 3.39. The van der Waals surface area contributed by atoms with Crippen LogP contribution in [0.1, 0.15) is 15.2 Å². The Hall–Kier alpha value is -1.95. The van der Waals surface area contributed by atoms with Gasteiger partial charge in [0.2, 0.25) is 0 Å². The number of carbonyl (C=O) groups excluding carboxylic acids is 1. The molecule has 0 atom stereocenters. The highest BCUT2D eigenvalue weighted by atomic mass is 32.1. The Kier molecular flexibility index (Phi) is 3.06. The SMILES string of the molecule is Cc1cnc(NC(=O)c2ccc(O)cc2F)s1. The molecule has 0 saturated carbocycles. The van der Waals surface area contributed by atoms with Crippen molar-refractivity contribution in [2.75, 3.05) is 5.32 Å². The molecule has 0 radical (unpaired) electrons. The monoisotopic (exact) mass is 252 g/mol. The van der Waals surface area contributed by atoms with Crippen molar-refractivity contribution in [3.8, 4) is 5.75 Å². The number of aryl methyl sites for hydroxylation is 1. The van der Waals surface area contributed by atoms with Crippen LogP contribution in [0.4, 0.5) is 9.52 Å². The van der Waals surface area contributed by atoms with E-state index >= 15 is 0 Å². The summed E-state index contributed by atoms with van der Waals surface area (Å²) in [6.45, 7) is 1.86. The average molecular weight is 252 g/mol. The Morgan fingerprint density at radius 1 is 1.53 bits per heavy atom.